The van der Waals surface area contributed by atoms with Crippen molar-refractivity contribution >= 4 is 6.09 Å². The van der Waals surface area contributed by atoms with Gasteiger partial charge in [-0.05, 0) is 64.3 Å². The number of halogens is 1. The molecule has 0 radical (unpaired) electrons. The predicted molar refractivity (Wildman–Crippen MR) is 84.2 cm³/mol. The lowest BCUT2D eigenvalue weighted by molar-refractivity contribution is 0.0523. The Morgan fingerprint density at radius 2 is 2.23 bits per heavy atom. The summed E-state index contributed by atoms with van der Waals surface area (Å²) in [6.07, 6.45) is 2.27. The summed E-state index contributed by atoms with van der Waals surface area (Å²) in [5.41, 5.74) is 0.170. The molecule has 0 saturated carbocycles. The molecule has 1 aliphatic rings. The maximum absolute atomic E-state index is 13.5. The van der Waals surface area contributed by atoms with Crippen LogP contribution in [0.25, 0.3) is 0 Å². The quantitative estimate of drug-likeness (QED) is 0.897. The summed E-state index contributed by atoms with van der Waals surface area (Å²) < 4.78 is 18.7. The number of amides is 1. The van der Waals surface area contributed by atoms with E-state index in [9.17, 15) is 9.18 Å². The Labute approximate surface area is 131 Å². The van der Waals surface area contributed by atoms with Crippen molar-refractivity contribution in [2.45, 2.75) is 51.2 Å². The summed E-state index contributed by atoms with van der Waals surface area (Å²) in [6.45, 7) is 6.89. The molecule has 5 heteroatoms. The van der Waals surface area contributed by atoms with Gasteiger partial charge in [0.25, 0.3) is 0 Å². The average Bonchev–Trinajstić information content (AvgIpc) is 2.86. The van der Waals surface area contributed by atoms with Crippen LogP contribution in [0.5, 0.6) is 0 Å². The van der Waals surface area contributed by atoms with Crippen LogP contribution < -0.4 is 10.6 Å². The van der Waals surface area contributed by atoms with Crippen LogP contribution in [-0.4, -0.2) is 24.8 Å². The molecule has 0 aromatic heterocycles. The second kappa shape index (κ2) is 6.65. The van der Waals surface area contributed by atoms with Gasteiger partial charge in [0.2, 0.25) is 0 Å². The first-order chi connectivity index (χ1) is 10.3. The molecule has 1 saturated heterocycles. The fraction of sp³-hybridized carbons (Fsp3) is 0.588. The number of carbonyl (C=O) groups is 1. The number of rotatable bonds is 4. The van der Waals surface area contributed by atoms with Crippen molar-refractivity contribution in [3.05, 3.63) is 35.6 Å². The molecule has 1 unspecified atom stereocenters. The van der Waals surface area contributed by atoms with Gasteiger partial charge in [0, 0.05) is 12.1 Å². The second-order valence-corrected chi connectivity index (χ2v) is 6.80. The summed E-state index contributed by atoms with van der Waals surface area (Å²) in [6, 6.07) is 6.69. The van der Waals surface area contributed by atoms with Crippen LogP contribution in [-0.2, 0) is 10.3 Å². The van der Waals surface area contributed by atoms with E-state index in [2.05, 4.69) is 10.6 Å². The Morgan fingerprint density at radius 1 is 1.45 bits per heavy atom. The zero-order valence-electron chi connectivity index (χ0n) is 13.5. The molecule has 2 rings (SSSR count). The minimum Gasteiger partial charge on any atom is -0.444 e. The number of carbonyl (C=O) groups excluding carboxylic acids is 1. The maximum atomic E-state index is 13.5. The Balaban J connectivity index is 1.97. The summed E-state index contributed by atoms with van der Waals surface area (Å²) >= 11 is 0. The molecule has 0 aliphatic carbocycles. The molecule has 1 aromatic carbocycles. The lowest BCUT2D eigenvalue weighted by Crippen LogP contribution is -2.41. The van der Waals surface area contributed by atoms with Crippen molar-refractivity contribution < 1.29 is 13.9 Å². The van der Waals surface area contributed by atoms with Crippen molar-refractivity contribution in [2.24, 2.45) is 0 Å². The largest absolute Gasteiger partial charge is 0.444 e. The van der Waals surface area contributed by atoms with Gasteiger partial charge in [0.15, 0.2) is 0 Å². The van der Waals surface area contributed by atoms with Gasteiger partial charge in [-0.25, -0.2) is 9.18 Å². The third-order valence-corrected chi connectivity index (χ3v) is 3.84. The van der Waals surface area contributed by atoms with Crippen molar-refractivity contribution in [1.29, 1.82) is 0 Å². The standard InChI is InChI=1S/C17H25FN2O2/c1-16(2,3)22-15(21)19-11-9-17(8-5-10-20-17)13-6-4-7-14(18)12-13/h4,6-7,12,20H,5,8-11H2,1-3H3,(H,19,21). The van der Waals surface area contributed by atoms with Gasteiger partial charge in [0.1, 0.15) is 11.4 Å². The van der Waals surface area contributed by atoms with Crippen LogP contribution in [0.1, 0.15) is 45.6 Å². The summed E-state index contributed by atoms with van der Waals surface area (Å²) in [5, 5.41) is 6.26. The fourth-order valence-electron chi connectivity index (χ4n) is 2.89. The molecule has 0 spiro atoms. The first kappa shape index (κ1) is 16.7. The van der Waals surface area contributed by atoms with Crippen molar-refractivity contribution in [2.75, 3.05) is 13.1 Å². The molecule has 0 bridgehead atoms. The highest BCUT2D eigenvalue weighted by Crippen LogP contribution is 2.34. The molecule has 1 fully saturated rings. The van der Waals surface area contributed by atoms with Crippen LogP contribution in [0.2, 0.25) is 0 Å². The molecule has 1 aromatic rings. The van der Waals surface area contributed by atoms with Gasteiger partial charge in [-0.3, -0.25) is 0 Å². The van der Waals surface area contributed by atoms with Crippen LogP contribution in [0, 0.1) is 5.82 Å². The number of hydrogen-bond donors (Lipinski definition) is 2. The van der Waals surface area contributed by atoms with E-state index in [1.165, 1.54) is 6.07 Å². The van der Waals surface area contributed by atoms with Gasteiger partial charge < -0.3 is 15.4 Å². The SMILES string of the molecule is CC(C)(C)OC(=O)NCCC1(c2cccc(F)c2)CCCN1. The molecular formula is C17H25FN2O2. The Morgan fingerprint density at radius 3 is 2.82 bits per heavy atom. The fourth-order valence-corrected chi connectivity index (χ4v) is 2.89. The number of ether oxygens (including phenoxy) is 1. The van der Waals surface area contributed by atoms with Crippen molar-refractivity contribution in [1.82, 2.24) is 10.6 Å². The zero-order chi connectivity index (χ0) is 16.2. The van der Waals surface area contributed by atoms with Crippen LogP contribution in [0.3, 0.4) is 0 Å². The lowest BCUT2D eigenvalue weighted by Gasteiger charge is -2.30. The summed E-state index contributed by atoms with van der Waals surface area (Å²) in [7, 11) is 0. The van der Waals surface area contributed by atoms with E-state index in [1.54, 1.807) is 12.1 Å². The maximum Gasteiger partial charge on any atom is 0.407 e. The van der Waals surface area contributed by atoms with Gasteiger partial charge in [-0.2, -0.15) is 0 Å². The van der Waals surface area contributed by atoms with Crippen LogP contribution in [0.4, 0.5) is 9.18 Å². The van der Waals surface area contributed by atoms with Crippen molar-refractivity contribution in [3.63, 3.8) is 0 Å². The highest BCUT2D eigenvalue weighted by molar-refractivity contribution is 5.67. The van der Waals surface area contributed by atoms with E-state index in [1.807, 2.05) is 26.8 Å². The first-order valence-corrected chi connectivity index (χ1v) is 7.79. The lowest BCUT2D eigenvalue weighted by atomic mass is 9.85. The first-order valence-electron chi connectivity index (χ1n) is 7.79. The smallest absolute Gasteiger partial charge is 0.407 e. The molecular weight excluding hydrogens is 283 g/mol. The molecule has 1 atom stereocenters. The van der Waals surface area contributed by atoms with E-state index in [-0.39, 0.29) is 11.4 Å². The van der Waals surface area contributed by atoms with Gasteiger partial charge in [-0.1, -0.05) is 12.1 Å². The predicted octanol–water partition coefficient (Wildman–Crippen LogP) is 3.32. The topological polar surface area (TPSA) is 50.4 Å². The molecule has 1 heterocycles. The highest BCUT2D eigenvalue weighted by atomic mass is 19.1. The number of alkyl carbamates (subject to hydrolysis) is 1. The van der Waals surface area contributed by atoms with Crippen LogP contribution in [0.15, 0.2) is 24.3 Å². The molecule has 2 N–H and O–H groups in total. The molecule has 122 valence electrons. The van der Waals surface area contributed by atoms with E-state index in [4.69, 9.17) is 4.74 Å². The number of benzene rings is 1. The second-order valence-electron chi connectivity index (χ2n) is 6.80. The minimum atomic E-state index is -0.504. The summed E-state index contributed by atoms with van der Waals surface area (Å²) in [5.74, 6) is -0.231. The normalized spacial score (nSPS) is 21.6. The monoisotopic (exact) mass is 308 g/mol. The van der Waals surface area contributed by atoms with E-state index in [0.717, 1.165) is 24.9 Å². The third-order valence-electron chi connectivity index (χ3n) is 3.84. The average molecular weight is 308 g/mol. The van der Waals surface area contributed by atoms with E-state index < -0.39 is 11.7 Å². The Bertz CT molecular complexity index is 520. The van der Waals surface area contributed by atoms with Crippen LogP contribution >= 0.6 is 0 Å². The Hall–Kier alpha value is -1.62. The molecule has 1 amide bonds. The van der Waals surface area contributed by atoms with E-state index in [0.29, 0.717) is 13.0 Å². The third kappa shape index (κ3) is 4.44. The number of nitrogens with one attached hydrogen (secondary N) is 2. The summed E-state index contributed by atoms with van der Waals surface area (Å²) in [4.78, 5) is 11.7. The van der Waals surface area contributed by atoms with Gasteiger partial charge >= 0.3 is 6.09 Å². The Kier molecular flexibility index (Phi) is 5.06. The highest BCUT2D eigenvalue weighted by Gasteiger charge is 2.35. The molecule has 1 aliphatic heterocycles. The number of hydrogen-bond acceptors (Lipinski definition) is 3. The zero-order valence-corrected chi connectivity index (χ0v) is 13.5. The van der Waals surface area contributed by atoms with E-state index >= 15 is 0 Å². The van der Waals surface area contributed by atoms with Gasteiger partial charge in [-0.15, -0.1) is 0 Å². The molecule has 4 nitrogen and oxygen atoms in total. The molecule has 22 heavy (non-hydrogen) atoms. The van der Waals surface area contributed by atoms with Crippen molar-refractivity contribution in [3.8, 4) is 0 Å². The minimum absolute atomic E-state index is 0.231. The van der Waals surface area contributed by atoms with Gasteiger partial charge in [0.05, 0.1) is 0 Å².